The number of likely N-dealkylation sites (N-methyl/N-ethyl adjacent to an activating group) is 1. The minimum absolute atomic E-state index is 0.0737. The molecule has 0 aromatic heterocycles. The molecule has 1 heterocycles. The Morgan fingerprint density at radius 3 is 2.76 bits per heavy atom. The molecule has 7 heteroatoms. The fourth-order valence-corrected chi connectivity index (χ4v) is 2.24. The molecule has 1 aromatic carbocycles. The van der Waals surface area contributed by atoms with Crippen molar-refractivity contribution in [3.8, 4) is 0 Å². The highest BCUT2D eigenvalue weighted by atomic mass is 19.4. The predicted octanol–water partition coefficient (Wildman–Crippen LogP) is 1.65. The van der Waals surface area contributed by atoms with Crippen molar-refractivity contribution in [1.29, 1.82) is 0 Å². The number of nitrogens with zero attached hydrogens (tertiary/aromatic N) is 1. The van der Waals surface area contributed by atoms with Crippen molar-refractivity contribution in [2.75, 3.05) is 26.7 Å². The standard InChI is InChI=1S/C14H17F3N2O2/c1-19(13(20)12-8-18-6-7-21-12)9-10-4-2-3-5-11(10)14(15,16)17/h2-5,12,18H,6-9H2,1H3. The van der Waals surface area contributed by atoms with Crippen LogP contribution >= 0.6 is 0 Å². The van der Waals surface area contributed by atoms with Gasteiger partial charge < -0.3 is 15.0 Å². The molecule has 1 saturated heterocycles. The molecular weight excluding hydrogens is 285 g/mol. The maximum Gasteiger partial charge on any atom is 0.416 e. The smallest absolute Gasteiger partial charge is 0.366 e. The molecule has 0 spiro atoms. The second-order valence-electron chi connectivity index (χ2n) is 4.91. The molecule has 1 unspecified atom stereocenters. The van der Waals surface area contributed by atoms with E-state index in [9.17, 15) is 18.0 Å². The van der Waals surface area contributed by atoms with E-state index in [1.807, 2.05) is 0 Å². The number of halogens is 3. The van der Waals surface area contributed by atoms with Gasteiger partial charge in [-0.3, -0.25) is 4.79 Å². The van der Waals surface area contributed by atoms with Crippen LogP contribution in [0, 0.1) is 0 Å². The Kier molecular flexibility index (Phi) is 4.84. The topological polar surface area (TPSA) is 41.6 Å². The van der Waals surface area contributed by atoms with Crippen LogP contribution in [0.3, 0.4) is 0 Å². The van der Waals surface area contributed by atoms with Gasteiger partial charge in [-0.15, -0.1) is 0 Å². The number of nitrogens with one attached hydrogen (secondary N) is 1. The van der Waals surface area contributed by atoms with E-state index in [1.165, 1.54) is 30.1 Å². The lowest BCUT2D eigenvalue weighted by Crippen LogP contribution is -2.48. The van der Waals surface area contributed by atoms with E-state index in [1.54, 1.807) is 0 Å². The van der Waals surface area contributed by atoms with Crippen LogP contribution in [0.25, 0.3) is 0 Å². The highest BCUT2D eigenvalue weighted by molar-refractivity contribution is 5.81. The molecule has 1 N–H and O–H groups in total. The SMILES string of the molecule is CN(Cc1ccccc1C(F)(F)F)C(=O)C1CNCCO1. The fourth-order valence-electron chi connectivity index (χ4n) is 2.24. The monoisotopic (exact) mass is 302 g/mol. The van der Waals surface area contributed by atoms with E-state index in [0.29, 0.717) is 19.7 Å². The summed E-state index contributed by atoms with van der Waals surface area (Å²) in [5, 5.41) is 3.02. The van der Waals surface area contributed by atoms with Gasteiger partial charge in [0.15, 0.2) is 0 Å². The van der Waals surface area contributed by atoms with Gasteiger partial charge in [-0.25, -0.2) is 0 Å². The number of rotatable bonds is 3. The van der Waals surface area contributed by atoms with Crippen LogP contribution in [0.15, 0.2) is 24.3 Å². The second kappa shape index (κ2) is 6.44. The van der Waals surface area contributed by atoms with E-state index in [-0.39, 0.29) is 18.0 Å². The first-order valence-corrected chi connectivity index (χ1v) is 6.62. The van der Waals surface area contributed by atoms with E-state index in [0.717, 1.165) is 6.07 Å². The van der Waals surface area contributed by atoms with Gasteiger partial charge in [0.05, 0.1) is 12.2 Å². The van der Waals surface area contributed by atoms with E-state index >= 15 is 0 Å². The van der Waals surface area contributed by atoms with Crippen LogP contribution in [0.4, 0.5) is 13.2 Å². The Labute approximate surface area is 120 Å². The number of amides is 1. The number of alkyl halides is 3. The van der Waals surface area contributed by atoms with Gasteiger partial charge in [-0.05, 0) is 11.6 Å². The Balaban J connectivity index is 2.09. The molecule has 116 valence electrons. The summed E-state index contributed by atoms with van der Waals surface area (Å²) in [6.45, 7) is 1.37. The van der Waals surface area contributed by atoms with Crippen LogP contribution in [-0.4, -0.2) is 43.7 Å². The van der Waals surface area contributed by atoms with Crippen LogP contribution in [0.5, 0.6) is 0 Å². The summed E-state index contributed by atoms with van der Waals surface area (Å²) in [5.41, 5.74) is -0.642. The first kappa shape index (κ1) is 15.8. The lowest BCUT2D eigenvalue weighted by atomic mass is 10.1. The van der Waals surface area contributed by atoms with Gasteiger partial charge in [0, 0.05) is 26.7 Å². The molecule has 0 saturated carbocycles. The van der Waals surface area contributed by atoms with Crippen molar-refractivity contribution >= 4 is 5.91 Å². The Hall–Kier alpha value is -1.60. The highest BCUT2D eigenvalue weighted by Crippen LogP contribution is 2.32. The van der Waals surface area contributed by atoms with Gasteiger partial charge in [0.1, 0.15) is 6.10 Å². The molecule has 2 rings (SSSR count). The maximum absolute atomic E-state index is 12.9. The van der Waals surface area contributed by atoms with Gasteiger partial charge in [0.2, 0.25) is 0 Å². The lowest BCUT2D eigenvalue weighted by Gasteiger charge is -2.28. The molecule has 0 radical (unpaired) electrons. The van der Waals surface area contributed by atoms with Crippen molar-refractivity contribution in [1.82, 2.24) is 10.2 Å². The Bertz CT molecular complexity index is 499. The third kappa shape index (κ3) is 3.95. The summed E-state index contributed by atoms with van der Waals surface area (Å²) >= 11 is 0. The van der Waals surface area contributed by atoms with Gasteiger partial charge in [0.25, 0.3) is 5.91 Å². The first-order valence-electron chi connectivity index (χ1n) is 6.62. The molecule has 21 heavy (non-hydrogen) atoms. The predicted molar refractivity (Wildman–Crippen MR) is 70.5 cm³/mol. The second-order valence-corrected chi connectivity index (χ2v) is 4.91. The van der Waals surface area contributed by atoms with Gasteiger partial charge in [-0.1, -0.05) is 18.2 Å². The van der Waals surface area contributed by atoms with Gasteiger partial charge >= 0.3 is 6.18 Å². The number of carbonyl (C=O) groups excluding carboxylic acids is 1. The summed E-state index contributed by atoms with van der Waals surface area (Å²) in [4.78, 5) is 13.4. The number of hydrogen-bond acceptors (Lipinski definition) is 3. The number of benzene rings is 1. The molecule has 4 nitrogen and oxygen atoms in total. The Morgan fingerprint density at radius 2 is 2.14 bits per heavy atom. The third-order valence-corrected chi connectivity index (χ3v) is 3.31. The van der Waals surface area contributed by atoms with Crippen LogP contribution in [0.1, 0.15) is 11.1 Å². The molecule has 1 aromatic rings. The summed E-state index contributed by atoms with van der Waals surface area (Å²) in [7, 11) is 1.48. The van der Waals surface area contributed by atoms with Gasteiger partial charge in [-0.2, -0.15) is 13.2 Å². The number of hydrogen-bond donors (Lipinski definition) is 1. The van der Waals surface area contributed by atoms with Crippen molar-refractivity contribution in [3.63, 3.8) is 0 Å². The molecule has 1 amide bonds. The quantitative estimate of drug-likeness (QED) is 0.923. The van der Waals surface area contributed by atoms with Crippen molar-refractivity contribution in [3.05, 3.63) is 35.4 Å². The summed E-state index contributed by atoms with van der Waals surface area (Å²) < 4.78 is 44.1. The van der Waals surface area contributed by atoms with Crippen molar-refractivity contribution in [2.45, 2.75) is 18.8 Å². The molecule has 1 aliphatic rings. The summed E-state index contributed by atoms with van der Waals surface area (Å²) in [5.74, 6) is -0.320. The van der Waals surface area contributed by atoms with E-state index in [2.05, 4.69) is 5.32 Å². The van der Waals surface area contributed by atoms with E-state index in [4.69, 9.17) is 4.74 Å². The molecule has 0 bridgehead atoms. The normalized spacial score (nSPS) is 19.3. The minimum atomic E-state index is -4.43. The molecule has 1 fully saturated rings. The number of ether oxygens (including phenoxy) is 1. The van der Waals surface area contributed by atoms with Crippen LogP contribution in [-0.2, 0) is 22.3 Å². The van der Waals surface area contributed by atoms with E-state index < -0.39 is 17.8 Å². The first-order chi connectivity index (χ1) is 9.89. The highest BCUT2D eigenvalue weighted by Gasteiger charge is 2.34. The zero-order valence-electron chi connectivity index (χ0n) is 11.6. The summed E-state index contributed by atoms with van der Waals surface area (Å²) in [6, 6.07) is 5.27. The van der Waals surface area contributed by atoms with Crippen molar-refractivity contribution < 1.29 is 22.7 Å². The molecule has 1 atom stereocenters. The lowest BCUT2D eigenvalue weighted by molar-refractivity contribution is -0.145. The third-order valence-electron chi connectivity index (χ3n) is 3.31. The zero-order valence-corrected chi connectivity index (χ0v) is 11.6. The average Bonchev–Trinajstić information content (AvgIpc) is 2.47. The molecule has 0 aliphatic carbocycles. The molecular formula is C14H17F3N2O2. The number of carbonyl (C=O) groups is 1. The fraction of sp³-hybridized carbons (Fsp3) is 0.500. The van der Waals surface area contributed by atoms with Crippen LogP contribution < -0.4 is 5.32 Å². The zero-order chi connectivity index (χ0) is 15.5. The minimum Gasteiger partial charge on any atom is -0.366 e. The Morgan fingerprint density at radius 1 is 1.43 bits per heavy atom. The summed E-state index contributed by atoms with van der Waals surface area (Å²) in [6.07, 6.45) is -5.06. The number of morpholine rings is 1. The van der Waals surface area contributed by atoms with Crippen molar-refractivity contribution in [2.24, 2.45) is 0 Å². The van der Waals surface area contributed by atoms with Crippen LogP contribution in [0.2, 0.25) is 0 Å². The maximum atomic E-state index is 12.9. The molecule has 1 aliphatic heterocycles. The average molecular weight is 302 g/mol. The largest absolute Gasteiger partial charge is 0.416 e.